The molecule has 5 nitrogen and oxygen atoms in total. The maximum Gasteiger partial charge on any atom is 0.265 e. The quantitative estimate of drug-likeness (QED) is 0.533. The highest BCUT2D eigenvalue weighted by atomic mass is 16.5. The number of hydrogen-bond donors (Lipinski definition) is 2. The molecule has 3 aromatic carbocycles. The summed E-state index contributed by atoms with van der Waals surface area (Å²) in [5, 5.41) is 5.89. The number of aryl methyl sites for hydroxylation is 3. The van der Waals surface area contributed by atoms with Crippen molar-refractivity contribution in [2.75, 3.05) is 10.6 Å². The molecule has 0 aliphatic heterocycles. The van der Waals surface area contributed by atoms with Crippen molar-refractivity contribution in [3.05, 3.63) is 89.0 Å². The molecule has 3 rings (SSSR count). The van der Waals surface area contributed by atoms with E-state index in [1.165, 1.54) is 0 Å². The molecule has 0 spiro atoms. The monoisotopic (exact) mass is 416 g/mol. The van der Waals surface area contributed by atoms with Crippen LogP contribution in [0.4, 0.5) is 11.4 Å². The molecule has 0 saturated heterocycles. The van der Waals surface area contributed by atoms with Gasteiger partial charge in [-0.3, -0.25) is 9.59 Å². The minimum atomic E-state index is -0.684. The second kappa shape index (κ2) is 9.94. The highest BCUT2D eigenvalue weighted by Crippen LogP contribution is 2.22. The molecule has 0 bridgehead atoms. The summed E-state index contributed by atoms with van der Waals surface area (Å²) in [6, 6.07) is 20.3. The van der Waals surface area contributed by atoms with Gasteiger partial charge < -0.3 is 15.4 Å². The van der Waals surface area contributed by atoms with E-state index in [1.807, 2.05) is 56.3 Å². The van der Waals surface area contributed by atoms with Crippen LogP contribution in [0.5, 0.6) is 5.75 Å². The number of ether oxygens (including phenoxy) is 1. The lowest BCUT2D eigenvalue weighted by atomic mass is 10.1. The number of carbonyl (C=O) groups excluding carboxylic acids is 2. The second-order valence-electron chi connectivity index (χ2n) is 7.51. The number of carbonyl (C=O) groups is 2. The van der Waals surface area contributed by atoms with E-state index in [-0.39, 0.29) is 11.8 Å². The van der Waals surface area contributed by atoms with E-state index in [1.54, 1.807) is 31.2 Å². The number of anilines is 2. The summed E-state index contributed by atoms with van der Waals surface area (Å²) < 4.78 is 5.79. The van der Waals surface area contributed by atoms with Crippen LogP contribution in [0.25, 0.3) is 0 Å². The molecule has 0 aromatic heterocycles. The Morgan fingerprint density at radius 2 is 1.55 bits per heavy atom. The second-order valence-corrected chi connectivity index (χ2v) is 7.51. The van der Waals surface area contributed by atoms with Crippen molar-refractivity contribution in [3.63, 3.8) is 0 Å². The van der Waals surface area contributed by atoms with Crippen LogP contribution in [0, 0.1) is 13.8 Å². The number of benzene rings is 3. The van der Waals surface area contributed by atoms with Crippen LogP contribution in [0.3, 0.4) is 0 Å². The lowest BCUT2D eigenvalue weighted by molar-refractivity contribution is -0.122. The largest absolute Gasteiger partial charge is 0.481 e. The Kier molecular flexibility index (Phi) is 7.08. The van der Waals surface area contributed by atoms with E-state index in [0.29, 0.717) is 11.3 Å². The van der Waals surface area contributed by atoms with Crippen molar-refractivity contribution in [2.24, 2.45) is 0 Å². The van der Waals surface area contributed by atoms with E-state index in [9.17, 15) is 9.59 Å². The molecule has 2 N–H and O–H groups in total. The van der Waals surface area contributed by atoms with Crippen LogP contribution in [0.1, 0.15) is 40.9 Å². The minimum absolute atomic E-state index is 0.196. The molecule has 3 aromatic rings. The third kappa shape index (κ3) is 5.51. The Balaban J connectivity index is 1.62. The number of amides is 2. The van der Waals surface area contributed by atoms with Crippen LogP contribution < -0.4 is 15.4 Å². The average molecular weight is 417 g/mol. The fraction of sp³-hybridized carbons (Fsp3) is 0.231. The molecule has 1 atom stereocenters. The number of hydrogen-bond acceptors (Lipinski definition) is 3. The van der Waals surface area contributed by atoms with Crippen molar-refractivity contribution in [3.8, 4) is 5.75 Å². The van der Waals surface area contributed by atoms with Gasteiger partial charge in [-0.05, 0) is 74.2 Å². The first-order valence-electron chi connectivity index (χ1n) is 10.4. The van der Waals surface area contributed by atoms with Gasteiger partial charge in [0.25, 0.3) is 11.8 Å². The molecule has 0 saturated carbocycles. The van der Waals surface area contributed by atoms with Gasteiger partial charge in [-0.25, -0.2) is 0 Å². The van der Waals surface area contributed by atoms with Gasteiger partial charge in [-0.15, -0.1) is 0 Å². The van der Waals surface area contributed by atoms with E-state index in [4.69, 9.17) is 4.74 Å². The molecule has 0 fully saturated rings. The highest BCUT2D eigenvalue weighted by molar-refractivity contribution is 6.04. The van der Waals surface area contributed by atoms with Crippen molar-refractivity contribution >= 4 is 23.2 Å². The molecule has 0 unspecified atom stereocenters. The lowest BCUT2D eigenvalue weighted by Crippen LogP contribution is -2.30. The molecule has 0 aliphatic rings. The summed E-state index contributed by atoms with van der Waals surface area (Å²) in [5.74, 6) is 0.110. The van der Waals surface area contributed by atoms with Gasteiger partial charge in [0.05, 0.1) is 0 Å². The Morgan fingerprint density at radius 1 is 0.871 bits per heavy atom. The summed E-state index contributed by atoms with van der Waals surface area (Å²) in [6.07, 6.45) is 0.148. The summed E-state index contributed by atoms with van der Waals surface area (Å²) in [7, 11) is 0. The van der Waals surface area contributed by atoms with Gasteiger partial charge in [0.15, 0.2) is 6.10 Å². The predicted octanol–water partition coefficient (Wildman–Crippen LogP) is 5.52. The van der Waals surface area contributed by atoms with Crippen LogP contribution >= 0.6 is 0 Å². The maximum absolute atomic E-state index is 12.6. The molecule has 31 heavy (non-hydrogen) atoms. The zero-order valence-corrected chi connectivity index (χ0v) is 18.4. The van der Waals surface area contributed by atoms with Crippen LogP contribution in [0.15, 0.2) is 66.7 Å². The van der Waals surface area contributed by atoms with Crippen molar-refractivity contribution in [1.29, 1.82) is 0 Å². The molecular formula is C26H28N2O3. The molecule has 160 valence electrons. The summed E-state index contributed by atoms with van der Waals surface area (Å²) >= 11 is 0. The molecular weight excluding hydrogens is 388 g/mol. The average Bonchev–Trinajstić information content (AvgIpc) is 2.77. The molecule has 0 radical (unpaired) electrons. The SMILES string of the molecule is CCc1cccc(C)c1NC(=O)[C@H](C)Oc1ccc(C(=O)Nc2ccccc2C)cc1. The molecule has 0 heterocycles. The first-order chi connectivity index (χ1) is 14.9. The summed E-state index contributed by atoms with van der Waals surface area (Å²) in [4.78, 5) is 25.1. The van der Waals surface area contributed by atoms with Gasteiger partial charge in [-0.2, -0.15) is 0 Å². The standard InChI is InChI=1S/C26H28N2O3/c1-5-20-11-8-10-18(3)24(20)28-25(29)19(4)31-22-15-13-21(14-16-22)26(30)27-23-12-7-6-9-17(23)2/h6-16,19H,5H2,1-4H3,(H,27,30)(H,28,29)/t19-/m0/s1. The number of rotatable bonds is 7. The van der Waals surface area contributed by atoms with Crippen molar-refractivity contribution in [1.82, 2.24) is 0 Å². The molecule has 5 heteroatoms. The summed E-state index contributed by atoms with van der Waals surface area (Å²) in [5.41, 5.74) is 5.23. The normalized spacial score (nSPS) is 11.5. The van der Waals surface area contributed by atoms with E-state index < -0.39 is 6.10 Å². The lowest BCUT2D eigenvalue weighted by Gasteiger charge is -2.18. The highest BCUT2D eigenvalue weighted by Gasteiger charge is 2.17. The minimum Gasteiger partial charge on any atom is -0.481 e. The Morgan fingerprint density at radius 3 is 2.23 bits per heavy atom. The van der Waals surface area contributed by atoms with Crippen LogP contribution in [-0.2, 0) is 11.2 Å². The fourth-order valence-corrected chi connectivity index (χ4v) is 3.28. The zero-order chi connectivity index (χ0) is 22.4. The summed E-state index contributed by atoms with van der Waals surface area (Å²) in [6.45, 7) is 7.68. The zero-order valence-electron chi connectivity index (χ0n) is 18.4. The van der Waals surface area contributed by atoms with E-state index in [2.05, 4.69) is 17.6 Å². The van der Waals surface area contributed by atoms with Gasteiger partial charge in [0, 0.05) is 16.9 Å². The molecule has 0 aliphatic carbocycles. The topological polar surface area (TPSA) is 67.4 Å². The van der Waals surface area contributed by atoms with Crippen LogP contribution in [0.2, 0.25) is 0 Å². The third-order valence-corrected chi connectivity index (χ3v) is 5.18. The van der Waals surface area contributed by atoms with Gasteiger partial charge in [0.2, 0.25) is 0 Å². The molecule has 2 amide bonds. The first-order valence-corrected chi connectivity index (χ1v) is 10.4. The Labute approximate surface area is 183 Å². The predicted molar refractivity (Wildman–Crippen MR) is 125 cm³/mol. The van der Waals surface area contributed by atoms with Crippen LogP contribution in [-0.4, -0.2) is 17.9 Å². The van der Waals surface area contributed by atoms with Gasteiger partial charge in [-0.1, -0.05) is 43.3 Å². The van der Waals surface area contributed by atoms with E-state index >= 15 is 0 Å². The Hall–Kier alpha value is -3.60. The smallest absolute Gasteiger partial charge is 0.265 e. The van der Waals surface area contributed by atoms with Gasteiger partial charge >= 0.3 is 0 Å². The Bertz CT molecular complexity index is 1070. The number of nitrogens with one attached hydrogen (secondary N) is 2. The number of para-hydroxylation sites is 2. The van der Waals surface area contributed by atoms with E-state index in [0.717, 1.165) is 34.5 Å². The van der Waals surface area contributed by atoms with Gasteiger partial charge in [0.1, 0.15) is 5.75 Å². The third-order valence-electron chi connectivity index (χ3n) is 5.18. The maximum atomic E-state index is 12.6. The first kappa shape index (κ1) is 22.1. The fourth-order valence-electron chi connectivity index (χ4n) is 3.28. The van der Waals surface area contributed by atoms with Crippen molar-refractivity contribution < 1.29 is 14.3 Å². The van der Waals surface area contributed by atoms with Crippen molar-refractivity contribution in [2.45, 2.75) is 40.2 Å².